The van der Waals surface area contributed by atoms with Crippen LogP contribution in [0, 0.1) is 24.1 Å². The van der Waals surface area contributed by atoms with E-state index in [-0.39, 0.29) is 18.0 Å². The molecule has 2 aliphatic rings. The number of halogens is 1. The van der Waals surface area contributed by atoms with E-state index < -0.39 is 5.41 Å². The molecule has 2 aromatic heterocycles. The minimum atomic E-state index is -0.571. The van der Waals surface area contributed by atoms with Crippen LogP contribution in [0.3, 0.4) is 0 Å². The van der Waals surface area contributed by atoms with Crippen molar-refractivity contribution >= 4 is 5.78 Å². The largest absolute Gasteiger partial charge is 0.379 e. The number of Topliss-reactive ketones (excluding diaryl/α,β-unsaturated/α-hetero) is 1. The zero-order valence-corrected chi connectivity index (χ0v) is 20.5. The van der Waals surface area contributed by atoms with Crippen LogP contribution in [0.15, 0.2) is 48.8 Å². The van der Waals surface area contributed by atoms with Crippen molar-refractivity contribution in [1.82, 2.24) is 19.7 Å². The Kier molecular flexibility index (Phi) is 6.95. The zero-order valence-electron chi connectivity index (χ0n) is 20.5. The van der Waals surface area contributed by atoms with Crippen LogP contribution in [0.2, 0.25) is 0 Å². The average molecular weight is 488 g/mol. The van der Waals surface area contributed by atoms with Crippen molar-refractivity contribution in [2.24, 2.45) is 0 Å². The molecule has 1 aromatic carbocycles. The Balaban J connectivity index is 1.25. The third kappa shape index (κ3) is 4.81. The molecule has 0 radical (unpaired) electrons. The summed E-state index contributed by atoms with van der Waals surface area (Å²) >= 11 is 0. The van der Waals surface area contributed by atoms with Crippen molar-refractivity contribution in [2.45, 2.75) is 50.5 Å². The van der Waals surface area contributed by atoms with Gasteiger partial charge in [0, 0.05) is 31.7 Å². The van der Waals surface area contributed by atoms with Crippen LogP contribution in [-0.4, -0.2) is 57.8 Å². The van der Waals surface area contributed by atoms with Crippen molar-refractivity contribution < 1.29 is 13.9 Å². The molecule has 8 heteroatoms. The fourth-order valence-corrected chi connectivity index (χ4v) is 5.45. The summed E-state index contributed by atoms with van der Waals surface area (Å²) in [5, 5.41) is 14.4. The van der Waals surface area contributed by atoms with Crippen LogP contribution >= 0.6 is 0 Å². The molecule has 0 spiro atoms. The number of carbonyl (C=O) groups excluding carboxylic acids is 1. The van der Waals surface area contributed by atoms with Crippen LogP contribution in [0.4, 0.5) is 4.39 Å². The van der Waals surface area contributed by atoms with Gasteiger partial charge in [0.25, 0.3) is 0 Å². The predicted molar refractivity (Wildman–Crippen MR) is 132 cm³/mol. The van der Waals surface area contributed by atoms with Crippen LogP contribution in [0.25, 0.3) is 5.69 Å². The first kappa shape index (κ1) is 24.3. The molecule has 1 saturated carbocycles. The molecular weight excluding hydrogens is 457 g/mol. The third-order valence-electron chi connectivity index (χ3n) is 7.65. The normalized spacial score (nSPS) is 22.8. The summed E-state index contributed by atoms with van der Waals surface area (Å²) in [6.07, 6.45) is 7.01. The Morgan fingerprint density at radius 1 is 1.14 bits per heavy atom. The number of ketones is 1. The number of nitriles is 1. The van der Waals surface area contributed by atoms with Gasteiger partial charge in [-0.15, -0.1) is 0 Å². The molecular formula is C28H30FN5O2. The second kappa shape index (κ2) is 10.3. The van der Waals surface area contributed by atoms with Gasteiger partial charge in [-0.05, 0) is 68.5 Å². The van der Waals surface area contributed by atoms with Crippen LogP contribution in [0.5, 0.6) is 0 Å². The monoisotopic (exact) mass is 487 g/mol. The number of nitrogens with zero attached hydrogens (tertiary/aromatic N) is 5. The Labute approximate surface area is 210 Å². The Morgan fingerprint density at radius 3 is 2.50 bits per heavy atom. The number of ether oxygens (including phenoxy) is 1. The van der Waals surface area contributed by atoms with E-state index in [9.17, 15) is 14.4 Å². The molecule has 5 rings (SSSR count). The van der Waals surface area contributed by atoms with Crippen molar-refractivity contribution in [3.05, 3.63) is 77.1 Å². The molecule has 7 nitrogen and oxygen atoms in total. The standard InChI is InChI=1S/C28H30FN5O2/c1-20-25(18-32-34(20)24-5-3-22(29)4-6-24)26(35)16-21-2-7-27(31-17-21)28(19-30)10-8-23(9-11-28)33-12-14-36-15-13-33/h2-7,17-18,23H,8-16H2,1H3. The maximum absolute atomic E-state index is 13.3. The van der Waals surface area contributed by atoms with E-state index in [4.69, 9.17) is 4.74 Å². The van der Waals surface area contributed by atoms with Crippen molar-refractivity contribution in [1.29, 1.82) is 5.26 Å². The van der Waals surface area contributed by atoms with E-state index in [0.29, 0.717) is 23.0 Å². The molecule has 36 heavy (non-hydrogen) atoms. The molecule has 186 valence electrons. The number of hydrogen-bond donors (Lipinski definition) is 0. The minimum absolute atomic E-state index is 0.0589. The smallest absolute Gasteiger partial charge is 0.170 e. The van der Waals surface area contributed by atoms with Gasteiger partial charge in [-0.1, -0.05) is 6.07 Å². The number of pyridine rings is 1. The average Bonchev–Trinajstić information content (AvgIpc) is 3.31. The van der Waals surface area contributed by atoms with Crippen LogP contribution in [0.1, 0.15) is 53.0 Å². The highest BCUT2D eigenvalue weighted by atomic mass is 19.1. The first-order valence-corrected chi connectivity index (χ1v) is 12.5. The van der Waals surface area contributed by atoms with Gasteiger partial charge in [-0.25, -0.2) is 9.07 Å². The summed E-state index contributed by atoms with van der Waals surface area (Å²) in [4.78, 5) is 20.2. The van der Waals surface area contributed by atoms with Crippen molar-refractivity contribution in [2.75, 3.05) is 26.3 Å². The zero-order chi connectivity index (χ0) is 25.1. The topological polar surface area (TPSA) is 84.0 Å². The highest BCUT2D eigenvalue weighted by molar-refractivity contribution is 5.98. The lowest BCUT2D eigenvalue weighted by molar-refractivity contribution is 0.00493. The van der Waals surface area contributed by atoms with Gasteiger partial charge in [0.05, 0.1) is 53.5 Å². The van der Waals surface area contributed by atoms with Gasteiger partial charge in [0.1, 0.15) is 5.82 Å². The first-order valence-electron chi connectivity index (χ1n) is 12.5. The number of benzene rings is 1. The highest BCUT2D eigenvalue weighted by Gasteiger charge is 2.40. The van der Waals surface area contributed by atoms with Crippen LogP contribution in [-0.2, 0) is 16.6 Å². The summed E-state index contributed by atoms with van der Waals surface area (Å²) in [6.45, 7) is 5.33. The molecule has 1 aliphatic heterocycles. The van der Waals surface area contributed by atoms with E-state index in [1.54, 1.807) is 29.2 Å². The Morgan fingerprint density at radius 2 is 1.86 bits per heavy atom. The number of hydrogen-bond acceptors (Lipinski definition) is 6. The lowest BCUT2D eigenvalue weighted by atomic mass is 9.71. The second-order valence-corrected chi connectivity index (χ2v) is 9.76. The fraction of sp³-hybridized carbons (Fsp3) is 0.429. The molecule has 0 bridgehead atoms. The maximum Gasteiger partial charge on any atom is 0.170 e. The number of carbonyl (C=O) groups is 1. The van der Waals surface area contributed by atoms with E-state index in [1.807, 2.05) is 19.1 Å². The molecule has 1 aliphatic carbocycles. The van der Waals surface area contributed by atoms with Gasteiger partial charge in [-0.3, -0.25) is 14.7 Å². The quantitative estimate of drug-likeness (QED) is 0.485. The van der Waals surface area contributed by atoms with Gasteiger partial charge >= 0.3 is 0 Å². The van der Waals surface area contributed by atoms with Crippen molar-refractivity contribution in [3.63, 3.8) is 0 Å². The second-order valence-electron chi connectivity index (χ2n) is 9.76. The summed E-state index contributed by atoms with van der Waals surface area (Å²) in [7, 11) is 0. The number of rotatable bonds is 6. The summed E-state index contributed by atoms with van der Waals surface area (Å²) in [5.74, 6) is -0.379. The molecule has 0 amide bonds. The maximum atomic E-state index is 13.3. The molecule has 3 aromatic rings. The first-order chi connectivity index (χ1) is 17.5. The van der Waals surface area contributed by atoms with E-state index in [0.717, 1.165) is 63.2 Å². The fourth-order valence-electron chi connectivity index (χ4n) is 5.45. The van der Waals surface area contributed by atoms with Crippen LogP contribution < -0.4 is 0 Å². The van der Waals surface area contributed by atoms with E-state index >= 15 is 0 Å². The molecule has 0 N–H and O–H groups in total. The minimum Gasteiger partial charge on any atom is -0.379 e. The Hall–Kier alpha value is -3.41. The van der Waals surface area contributed by atoms with Gasteiger partial charge in [0.2, 0.25) is 0 Å². The molecule has 1 saturated heterocycles. The van der Waals surface area contributed by atoms with E-state index in [1.165, 1.54) is 12.1 Å². The molecule has 2 fully saturated rings. The molecule has 3 heterocycles. The SMILES string of the molecule is Cc1c(C(=O)Cc2ccc(C3(C#N)CCC(N4CCOCC4)CC3)nc2)cnn1-c1ccc(F)cc1. The molecule has 0 unspecified atom stereocenters. The van der Waals surface area contributed by atoms with E-state index in [2.05, 4.69) is 21.1 Å². The summed E-state index contributed by atoms with van der Waals surface area (Å²) in [5.41, 5.74) is 2.95. The highest BCUT2D eigenvalue weighted by Crippen LogP contribution is 2.39. The van der Waals surface area contributed by atoms with Gasteiger partial charge in [0.15, 0.2) is 5.78 Å². The summed E-state index contributed by atoms with van der Waals surface area (Å²) < 4.78 is 20.4. The lowest BCUT2D eigenvalue weighted by Crippen LogP contribution is -2.47. The third-order valence-corrected chi connectivity index (χ3v) is 7.65. The van der Waals surface area contributed by atoms with Crippen molar-refractivity contribution in [3.8, 4) is 11.8 Å². The predicted octanol–water partition coefficient (Wildman–Crippen LogP) is 4.18. The van der Waals surface area contributed by atoms with Gasteiger partial charge in [-0.2, -0.15) is 10.4 Å². The van der Waals surface area contributed by atoms with Gasteiger partial charge < -0.3 is 4.74 Å². The Bertz CT molecular complexity index is 1250. The lowest BCUT2D eigenvalue weighted by Gasteiger charge is -2.41. The number of morpholine rings is 1. The summed E-state index contributed by atoms with van der Waals surface area (Å²) in [6, 6.07) is 12.9. The number of aromatic nitrogens is 3. The molecule has 0 atom stereocenters.